The first-order valence-electron chi connectivity index (χ1n) is 2.38. The Kier molecular flexibility index (Phi) is 15.5. The van der Waals surface area contributed by atoms with Crippen molar-refractivity contribution in [2.24, 2.45) is 0 Å². The van der Waals surface area contributed by atoms with Crippen LogP contribution in [0.25, 0.3) is 0 Å². The second kappa shape index (κ2) is 10.7. The number of thiophene rings is 1. The van der Waals surface area contributed by atoms with Gasteiger partial charge in [-0.2, -0.15) is 5.38 Å². The summed E-state index contributed by atoms with van der Waals surface area (Å²) in [5.74, 6) is 0. The Morgan fingerprint density at radius 1 is 1.38 bits per heavy atom. The summed E-state index contributed by atoms with van der Waals surface area (Å²) < 4.78 is 0. The Morgan fingerprint density at radius 2 is 2.00 bits per heavy atom. The van der Waals surface area contributed by atoms with Crippen molar-refractivity contribution in [1.29, 1.82) is 0 Å². The van der Waals surface area contributed by atoms with Gasteiger partial charge in [0.25, 0.3) is 0 Å². The van der Waals surface area contributed by atoms with Gasteiger partial charge in [0, 0.05) is 32.7 Å². The zero-order chi connectivity index (χ0) is 5.54. The molecule has 0 unspecified atom stereocenters. The minimum Gasteiger partial charge on any atom is -0.273 e. The molecule has 0 bridgehead atoms. The summed E-state index contributed by atoms with van der Waals surface area (Å²) in [5.41, 5.74) is 0. The van der Waals surface area contributed by atoms with Crippen LogP contribution in [0.3, 0.4) is 0 Å². The second-order valence-electron chi connectivity index (χ2n) is 0.723. The second-order valence-corrected chi connectivity index (χ2v) is 1.50. The summed E-state index contributed by atoms with van der Waals surface area (Å²) in [7, 11) is 0. The maximum atomic E-state index is 2.88. The van der Waals surface area contributed by atoms with Gasteiger partial charge in [-0.3, -0.25) is 11.3 Å². The average molecular weight is 202 g/mol. The van der Waals surface area contributed by atoms with Crippen molar-refractivity contribution >= 4 is 11.3 Å². The van der Waals surface area contributed by atoms with Crippen LogP contribution in [0.2, 0.25) is 0 Å². The molecule has 0 saturated carbocycles. The Balaban J connectivity index is 0. The van der Waals surface area contributed by atoms with Crippen LogP contribution in [-0.4, -0.2) is 0 Å². The Labute approximate surface area is 80.2 Å². The van der Waals surface area contributed by atoms with Crippen molar-refractivity contribution in [2.75, 3.05) is 0 Å². The molecule has 1 aromatic heterocycles. The van der Waals surface area contributed by atoms with Crippen LogP contribution < -0.4 is 0 Å². The summed E-state index contributed by atoms with van der Waals surface area (Å²) in [6.45, 7) is 4.00. The standard InChI is InChI=1S/C4H3S.C2H6.Y/c1-2-4-5-3-1;1-2;/h1,3-4H;1-2H3;/q-1;;. The van der Waals surface area contributed by atoms with Gasteiger partial charge in [0.05, 0.1) is 0 Å². The molecule has 0 aliphatic rings. The molecule has 8 heavy (non-hydrogen) atoms. The van der Waals surface area contributed by atoms with Gasteiger partial charge in [0.1, 0.15) is 0 Å². The quantitative estimate of drug-likeness (QED) is 0.567. The molecule has 0 N–H and O–H groups in total. The molecule has 1 heterocycles. The van der Waals surface area contributed by atoms with Crippen LogP contribution in [0.5, 0.6) is 0 Å². The van der Waals surface area contributed by atoms with E-state index in [-0.39, 0.29) is 32.7 Å². The minimum absolute atomic E-state index is 0. The van der Waals surface area contributed by atoms with Crippen molar-refractivity contribution in [3.8, 4) is 0 Å². The number of hydrogen-bond donors (Lipinski definition) is 0. The maximum Gasteiger partial charge on any atom is 0 e. The molecule has 0 aromatic carbocycles. The predicted molar refractivity (Wildman–Crippen MR) is 34.5 cm³/mol. The first-order chi connectivity index (χ1) is 3.50. The van der Waals surface area contributed by atoms with Crippen LogP contribution in [0, 0.1) is 6.07 Å². The van der Waals surface area contributed by atoms with Crippen LogP contribution in [-0.2, 0) is 32.7 Å². The van der Waals surface area contributed by atoms with Gasteiger partial charge in [-0.15, -0.1) is 5.38 Å². The SMILES string of the molecule is CC.[Y].[c-]1ccsc1. The van der Waals surface area contributed by atoms with E-state index < -0.39 is 0 Å². The molecule has 0 saturated heterocycles. The maximum absolute atomic E-state index is 2.88. The summed E-state index contributed by atoms with van der Waals surface area (Å²) in [5, 5.41) is 3.90. The van der Waals surface area contributed by atoms with E-state index in [0.29, 0.717) is 0 Å². The zero-order valence-electron chi connectivity index (χ0n) is 5.22. The van der Waals surface area contributed by atoms with E-state index >= 15 is 0 Å². The topological polar surface area (TPSA) is 0 Å². The molecule has 2 heteroatoms. The third-order valence-corrected chi connectivity index (χ3v) is 0.944. The minimum atomic E-state index is 0. The Morgan fingerprint density at radius 3 is 2.12 bits per heavy atom. The van der Waals surface area contributed by atoms with Crippen molar-refractivity contribution in [3.05, 3.63) is 22.9 Å². The van der Waals surface area contributed by atoms with Crippen LogP contribution >= 0.6 is 11.3 Å². The van der Waals surface area contributed by atoms with Crippen molar-refractivity contribution < 1.29 is 32.7 Å². The Hall–Kier alpha value is 0.804. The summed E-state index contributed by atoms with van der Waals surface area (Å²) in [6, 6.07) is 4.77. The van der Waals surface area contributed by atoms with E-state index in [0.717, 1.165) is 0 Å². The van der Waals surface area contributed by atoms with E-state index in [1.807, 2.05) is 30.7 Å². The number of rotatable bonds is 0. The summed E-state index contributed by atoms with van der Waals surface area (Å²) in [4.78, 5) is 0. The predicted octanol–water partition coefficient (Wildman–Crippen LogP) is 2.57. The molecular formula is C6H9SY-. The number of hydrogen-bond acceptors (Lipinski definition) is 1. The molecule has 1 aromatic rings. The van der Waals surface area contributed by atoms with Gasteiger partial charge in [-0.25, -0.2) is 12.1 Å². The zero-order valence-corrected chi connectivity index (χ0v) is 8.87. The van der Waals surface area contributed by atoms with E-state index in [2.05, 4.69) is 6.07 Å². The summed E-state index contributed by atoms with van der Waals surface area (Å²) in [6.07, 6.45) is 0. The fourth-order valence-electron chi connectivity index (χ4n) is 0.196. The molecule has 1 rings (SSSR count). The van der Waals surface area contributed by atoms with Crippen molar-refractivity contribution in [1.82, 2.24) is 0 Å². The van der Waals surface area contributed by atoms with E-state index in [4.69, 9.17) is 0 Å². The third-order valence-electron chi connectivity index (χ3n) is 0.379. The first kappa shape index (κ1) is 11.6. The molecule has 0 amide bonds. The molecule has 43 valence electrons. The van der Waals surface area contributed by atoms with E-state index in [1.165, 1.54) is 0 Å². The van der Waals surface area contributed by atoms with E-state index in [1.54, 1.807) is 11.3 Å². The van der Waals surface area contributed by atoms with Gasteiger partial charge < -0.3 is 0 Å². The fraction of sp³-hybridized carbons (Fsp3) is 0.333. The smallest absolute Gasteiger partial charge is 0 e. The summed E-state index contributed by atoms with van der Waals surface area (Å²) >= 11 is 1.66. The molecule has 0 spiro atoms. The van der Waals surface area contributed by atoms with Crippen LogP contribution in [0.15, 0.2) is 16.8 Å². The molecule has 0 aliphatic carbocycles. The molecule has 0 atom stereocenters. The van der Waals surface area contributed by atoms with Crippen LogP contribution in [0.1, 0.15) is 13.8 Å². The van der Waals surface area contributed by atoms with Gasteiger partial charge in [0.15, 0.2) is 0 Å². The van der Waals surface area contributed by atoms with Gasteiger partial charge in [-0.1, -0.05) is 13.8 Å². The van der Waals surface area contributed by atoms with Crippen LogP contribution in [0.4, 0.5) is 0 Å². The Bertz CT molecular complexity index is 65.0. The monoisotopic (exact) mass is 202 g/mol. The van der Waals surface area contributed by atoms with Gasteiger partial charge >= 0.3 is 0 Å². The third kappa shape index (κ3) is 6.80. The molecule has 0 fully saturated rings. The van der Waals surface area contributed by atoms with Crippen molar-refractivity contribution in [3.63, 3.8) is 0 Å². The molecule has 1 radical (unpaired) electrons. The van der Waals surface area contributed by atoms with E-state index in [9.17, 15) is 0 Å². The normalized spacial score (nSPS) is 5.75. The molecule has 0 aliphatic heterocycles. The van der Waals surface area contributed by atoms with Gasteiger partial charge in [-0.05, 0) is 0 Å². The fourth-order valence-corrected chi connectivity index (χ4v) is 0.589. The van der Waals surface area contributed by atoms with Gasteiger partial charge in [0.2, 0.25) is 0 Å². The molecular weight excluding hydrogens is 193 g/mol. The largest absolute Gasteiger partial charge is 0.273 e. The van der Waals surface area contributed by atoms with Crippen molar-refractivity contribution in [2.45, 2.75) is 13.8 Å². The average Bonchev–Trinajstić information content (AvgIpc) is 2.23. The first-order valence-corrected chi connectivity index (χ1v) is 3.32. The molecule has 0 nitrogen and oxygen atoms in total.